The number of aliphatic hydroxyl groups excluding tert-OH is 2. The number of anilines is 1. The normalized spacial score (nSPS) is 10.6. The van der Waals surface area contributed by atoms with Crippen molar-refractivity contribution in [1.82, 2.24) is 5.43 Å². The molecule has 0 bridgehead atoms. The van der Waals surface area contributed by atoms with E-state index in [9.17, 15) is 9.59 Å². The van der Waals surface area contributed by atoms with Crippen LogP contribution in [0.5, 0.6) is 0 Å². The molecule has 1 aliphatic rings. The molecule has 1 atom stereocenters. The van der Waals surface area contributed by atoms with Gasteiger partial charge in [0, 0.05) is 13.2 Å². The number of nitrogens with one attached hydrogen (secondary N) is 1. The van der Waals surface area contributed by atoms with E-state index in [4.69, 9.17) is 14.9 Å². The Morgan fingerprint density at radius 1 is 0.681 bits per heavy atom. The number of carbonyl (C=O) groups is 2. The molecule has 1 aliphatic heterocycles. The zero-order valence-electron chi connectivity index (χ0n) is 32.0. The van der Waals surface area contributed by atoms with Gasteiger partial charge in [-0.05, 0) is 80.9 Å². The molecule has 1 fully saturated rings. The topological polar surface area (TPSA) is 99.1 Å². The summed E-state index contributed by atoms with van der Waals surface area (Å²) in [6.07, 6.45) is 14.8. The summed E-state index contributed by atoms with van der Waals surface area (Å²) in [6.45, 7) is 44.2. The van der Waals surface area contributed by atoms with E-state index in [1.165, 1.54) is 5.01 Å². The zero-order valence-corrected chi connectivity index (χ0v) is 32.0. The number of amides is 2. The van der Waals surface area contributed by atoms with E-state index in [0.29, 0.717) is 12.1 Å². The van der Waals surface area contributed by atoms with Gasteiger partial charge in [0.15, 0.2) is 0 Å². The second kappa shape index (κ2) is 69.1. The van der Waals surface area contributed by atoms with Crippen molar-refractivity contribution in [2.45, 2.75) is 88.5 Å². The molecule has 2 amide bonds. The number of unbranched alkanes of at least 4 members (excludes halogenated alkanes) is 1. The largest absolute Gasteiger partial charge is 0.394 e. The highest BCUT2D eigenvalue weighted by atomic mass is 16.5. The molecule has 1 unspecified atom stereocenters. The Morgan fingerprint density at radius 3 is 1.23 bits per heavy atom. The monoisotopic (exact) mass is 663 g/mol. The zero-order chi connectivity index (χ0) is 38.7. The molecule has 7 nitrogen and oxygen atoms in total. The van der Waals surface area contributed by atoms with Crippen LogP contribution in [0.15, 0.2) is 119 Å². The van der Waals surface area contributed by atoms with E-state index in [-0.39, 0.29) is 25.0 Å². The lowest BCUT2D eigenvalue weighted by atomic mass is 10.0. The number of aliphatic hydroxyl groups is 2. The summed E-state index contributed by atoms with van der Waals surface area (Å²) in [6, 6.07) is 9.17. The summed E-state index contributed by atoms with van der Waals surface area (Å²) in [7, 11) is 0. The van der Waals surface area contributed by atoms with Crippen LogP contribution in [0.4, 0.5) is 5.69 Å². The number of nitrogens with zero attached hydrogens (tertiary/aromatic N) is 1. The Kier molecular flexibility index (Phi) is 91.3. The average molecular weight is 663 g/mol. The van der Waals surface area contributed by atoms with Crippen molar-refractivity contribution >= 4 is 17.5 Å². The maximum atomic E-state index is 12.1. The third-order valence-corrected chi connectivity index (χ3v) is 3.43. The molecule has 0 saturated carbocycles. The number of rotatable bonds is 7. The van der Waals surface area contributed by atoms with Crippen molar-refractivity contribution in [1.29, 1.82) is 0 Å². The van der Waals surface area contributed by atoms with Gasteiger partial charge in [-0.3, -0.25) is 15.0 Å². The first-order valence-electron chi connectivity index (χ1n) is 16.0. The number of hydrogen-bond donors (Lipinski definition) is 3. The minimum Gasteiger partial charge on any atom is -0.394 e. The van der Waals surface area contributed by atoms with Gasteiger partial charge in [-0.25, -0.2) is 5.01 Å². The highest BCUT2D eigenvalue weighted by molar-refractivity contribution is 6.14. The lowest BCUT2D eigenvalue weighted by Gasteiger charge is -2.14. The van der Waals surface area contributed by atoms with Crippen LogP contribution < -0.4 is 10.4 Å². The molecule has 0 aromatic heterocycles. The number of para-hydroxylation sites is 1. The molecule has 0 aliphatic carbocycles. The standard InChI is InChI=1S/C13H16N2O2.C4H10O.7C3H6.C2H6O2/c1-2-3-9-11-12(16)14-15(13(11)17)10-7-5-4-6-8-10;1-3-5-4-2;7*1-3-2;3-1-2-4/h4-8,11H,2-3,9H2,1H3,(H,14,16);3-4H2,1-2H3;7*3H,1H2,2H3;3-4H,1-2H2. The molecule has 1 aromatic carbocycles. The fourth-order valence-electron chi connectivity index (χ4n) is 2.15. The average Bonchev–Trinajstić information content (AvgIpc) is 3.32. The Balaban J connectivity index is -0.0000000704. The summed E-state index contributed by atoms with van der Waals surface area (Å²) in [4.78, 5) is 23.8. The molecular weight excluding hydrogens is 588 g/mol. The van der Waals surface area contributed by atoms with Crippen molar-refractivity contribution in [2.24, 2.45) is 5.92 Å². The Hall–Kier alpha value is -3.78. The van der Waals surface area contributed by atoms with E-state index in [0.717, 1.165) is 26.1 Å². The van der Waals surface area contributed by atoms with Gasteiger partial charge >= 0.3 is 0 Å². The summed E-state index contributed by atoms with van der Waals surface area (Å²) in [5, 5.41) is 16.6. The first-order valence-corrected chi connectivity index (χ1v) is 16.0. The maximum absolute atomic E-state index is 12.1. The van der Waals surface area contributed by atoms with Gasteiger partial charge < -0.3 is 14.9 Å². The molecule has 274 valence electrons. The number of benzene rings is 1. The summed E-state index contributed by atoms with van der Waals surface area (Å²) >= 11 is 0. The van der Waals surface area contributed by atoms with Gasteiger partial charge in [-0.1, -0.05) is 80.5 Å². The van der Waals surface area contributed by atoms with E-state index in [2.05, 4.69) is 51.5 Å². The first-order chi connectivity index (χ1) is 22.5. The van der Waals surface area contributed by atoms with E-state index in [1.54, 1.807) is 54.7 Å². The van der Waals surface area contributed by atoms with Crippen molar-refractivity contribution in [3.63, 3.8) is 0 Å². The smallest absolute Gasteiger partial charge is 0.258 e. The van der Waals surface area contributed by atoms with Crippen LogP contribution in [0.3, 0.4) is 0 Å². The van der Waals surface area contributed by atoms with Gasteiger partial charge in [0.05, 0.1) is 18.9 Å². The molecule has 0 radical (unpaired) electrons. The number of ether oxygens (including phenoxy) is 1. The number of hydrogen-bond acceptors (Lipinski definition) is 5. The molecule has 2 rings (SSSR count). The van der Waals surface area contributed by atoms with Gasteiger partial charge in [0.25, 0.3) is 11.8 Å². The predicted molar refractivity (Wildman–Crippen MR) is 213 cm³/mol. The van der Waals surface area contributed by atoms with Crippen LogP contribution in [0, 0.1) is 5.92 Å². The van der Waals surface area contributed by atoms with Crippen LogP contribution in [-0.2, 0) is 14.3 Å². The molecule has 3 N–H and O–H groups in total. The Labute approximate surface area is 291 Å². The van der Waals surface area contributed by atoms with Crippen LogP contribution in [0.1, 0.15) is 88.5 Å². The second-order valence-electron chi connectivity index (χ2n) is 8.27. The van der Waals surface area contributed by atoms with Crippen LogP contribution in [-0.4, -0.2) is 48.5 Å². The fraction of sp³-hybridized carbons (Fsp3) is 0.450. The highest BCUT2D eigenvalue weighted by Crippen LogP contribution is 2.22. The lowest BCUT2D eigenvalue weighted by molar-refractivity contribution is -0.127. The highest BCUT2D eigenvalue weighted by Gasteiger charge is 2.39. The predicted octanol–water partition coefficient (Wildman–Crippen LogP) is 10.2. The maximum Gasteiger partial charge on any atom is 0.258 e. The van der Waals surface area contributed by atoms with Gasteiger partial charge in [-0.2, -0.15) is 0 Å². The number of allylic oxidation sites excluding steroid dienone is 7. The third-order valence-electron chi connectivity index (χ3n) is 3.43. The summed E-state index contributed by atoms with van der Waals surface area (Å²) in [5.41, 5.74) is 3.34. The van der Waals surface area contributed by atoms with Gasteiger partial charge in [-0.15, -0.1) is 46.1 Å². The van der Waals surface area contributed by atoms with E-state index >= 15 is 0 Å². The van der Waals surface area contributed by atoms with Crippen molar-refractivity contribution in [2.75, 3.05) is 31.4 Å². The number of hydrazine groups is 1. The molecule has 1 aromatic rings. The number of carbonyl (C=O) groups excluding carboxylic acids is 2. The minimum atomic E-state index is -0.518. The minimum absolute atomic E-state index is 0.125. The van der Waals surface area contributed by atoms with Crippen LogP contribution in [0.2, 0.25) is 0 Å². The van der Waals surface area contributed by atoms with Gasteiger partial charge in [0.2, 0.25) is 0 Å². The molecule has 0 spiro atoms. The second-order valence-corrected chi connectivity index (χ2v) is 8.27. The molecule has 47 heavy (non-hydrogen) atoms. The first kappa shape index (κ1) is 62.1. The quantitative estimate of drug-likeness (QED) is 0.199. The summed E-state index contributed by atoms with van der Waals surface area (Å²) < 4.78 is 4.83. The Morgan fingerprint density at radius 2 is 1.00 bits per heavy atom. The van der Waals surface area contributed by atoms with Crippen LogP contribution in [0.25, 0.3) is 0 Å². The fourth-order valence-corrected chi connectivity index (χ4v) is 2.15. The van der Waals surface area contributed by atoms with E-state index in [1.807, 2.05) is 87.4 Å². The third kappa shape index (κ3) is 70.1. The molecule has 1 heterocycles. The summed E-state index contributed by atoms with van der Waals surface area (Å²) in [5.74, 6) is -0.850. The van der Waals surface area contributed by atoms with Crippen molar-refractivity contribution in [3.05, 3.63) is 119 Å². The van der Waals surface area contributed by atoms with Gasteiger partial charge in [0.1, 0.15) is 5.92 Å². The van der Waals surface area contributed by atoms with Crippen LogP contribution >= 0.6 is 0 Å². The van der Waals surface area contributed by atoms with Crippen molar-refractivity contribution in [3.8, 4) is 0 Å². The lowest BCUT2D eigenvalue weighted by Crippen LogP contribution is -2.35. The molecule has 7 heteroatoms. The van der Waals surface area contributed by atoms with Crippen molar-refractivity contribution < 1.29 is 24.5 Å². The van der Waals surface area contributed by atoms with E-state index < -0.39 is 5.92 Å². The SMILES string of the molecule is C=CC.C=CC.C=CC.C=CC.C=CC.C=CC.C=CC.CCCCC1C(=O)NN(c2ccccc2)C1=O.CCOCC.OCCO. The molecular formula is C40H74N2O5. The Bertz CT molecular complexity index is 730. The molecule has 1 saturated heterocycles.